The van der Waals surface area contributed by atoms with E-state index in [1.165, 1.54) is 0 Å². The third-order valence-electron chi connectivity index (χ3n) is 5.38. The van der Waals surface area contributed by atoms with Crippen molar-refractivity contribution in [3.8, 4) is 11.4 Å². The molecular weight excluding hydrogens is 440 g/mol. The van der Waals surface area contributed by atoms with Crippen LogP contribution in [-0.4, -0.2) is 86.9 Å². The van der Waals surface area contributed by atoms with Crippen LogP contribution in [-0.2, 0) is 14.3 Å². The highest BCUT2D eigenvalue weighted by atomic mass is 16.6. The van der Waals surface area contributed by atoms with Crippen molar-refractivity contribution in [2.75, 3.05) is 32.7 Å². The van der Waals surface area contributed by atoms with Crippen LogP contribution in [0, 0.1) is 0 Å². The van der Waals surface area contributed by atoms with Crippen LogP contribution in [0.3, 0.4) is 0 Å². The van der Waals surface area contributed by atoms with Crippen molar-refractivity contribution in [2.45, 2.75) is 39.2 Å². The molecule has 0 bridgehead atoms. The summed E-state index contributed by atoms with van der Waals surface area (Å²) in [6.07, 6.45) is 0.158. The molecular formula is C23H28N6O5. The van der Waals surface area contributed by atoms with E-state index in [2.05, 4.69) is 15.2 Å². The number of hydrazone groups is 1. The van der Waals surface area contributed by atoms with Gasteiger partial charge in [0.15, 0.2) is 0 Å². The van der Waals surface area contributed by atoms with Crippen molar-refractivity contribution < 1.29 is 23.6 Å². The Morgan fingerprint density at radius 2 is 1.71 bits per heavy atom. The highest BCUT2D eigenvalue weighted by Gasteiger charge is 2.31. The number of benzene rings is 1. The molecule has 0 unspecified atom stereocenters. The molecule has 11 nitrogen and oxygen atoms in total. The lowest BCUT2D eigenvalue weighted by Gasteiger charge is -2.36. The number of amides is 3. The van der Waals surface area contributed by atoms with E-state index >= 15 is 0 Å². The van der Waals surface area contributed by atoms with Crippen molar-refractivity contribution in [2.24, 2.45) is 5.10 Å². The zero-order chi connectivity index (χ0) is 24.3. The molecule has 3 heterocycles. The molecule has 2 aliphatic heterocycles. The van der Waals surface area contributed by atoms with Gasteiger partial charge in [0.05, 0.1) is 0 Å². The summed E-state index contributed by atoms with van der Waals surface area (Å²) in [5, 5.41) is 9.49. The number of hydrogen-bond acceptors (Lipinski definition) is 8. The zero-order valence-electron chi connectivity index (χ0n) is 19.6. The first-order valence-electron chi connectivity index (χ1n) is 11.2. The molecule has 0 atom stereocenters. The van der Waals surface area contributed by atoms with E-state index < -0.39 is 11.7 Å². The SMILES string of the molecule is CC(C)(C)OC(=O)N1CCN(C(=O)CN2N=C(c3nc(-c4ccccc4)no3)CCC2=O)CC1. The third-order valence-corrected chi connectivity index (χ3v) is 5.38. The fourth-order valence-corrected chi connectivity index (χ4v) is 3.62. The lowest BCUT2D eigenvalue weighted by atomic mass is 10.1. The molecule has 180 valence electrons. The van der Waals surface area contributed by atoms with Crippen LogP contribution in [0.2, 0.25) is 0 Å². The molecule has 1 fully saturated rings. The van der Waals surface area contributed by atoms with Gasteiger partial charge in [-0.2, -0.15) is 10.1 Å². The molecule has 2 aliphatic rings. The Labute approximate surface area is 197 Å². The third kappa shape index (κ3) is 5.59. The van der Waals surface area contributed by atoms with E-state index in [-0.39, 0.29) is 30.7 Å². The lowest BCUT2D eigenvalue weighted by Crippen LogP contribution is -2.53. The van der Waals surface area contributed by atoms with Crippen LogP contribution >= 0.6 is 0 Å². The molecule has 0 radical (unpaired) electrons. The quantitative estimate of drug-likeness (QED) is 0.674. The Bertz CT molecular complexity index is 1080. The van der Waals surface area contributed by atoms with Gasteiger partial charge in [0.2, 0.25) is 17.6 Å². The van der Waals surface area contributed by atoms with Crippen LogP contribution < -0.4 is 0 Å². The Morgan fingerprint density at radius 1 is 1.03 bits per heavy atom. The zero-order valence-corrected chi connectivity index (χ0v) is 19.6. The second-order valence-electron chi connectivity index (χ2n) is 9.14. The summed E-state index contributed by atoms with van der Waals surface area (Å²) < 4.78 is 10.7. The number of piperazine rings is 1. The first kappa shape index (κ1) is 23.4. The molecule has 4 rings (SSSR count). The lowest BCUT2D eigenvalue weighted by molar-refractivity contribution is -0.141. The number of hydrogen-bond donors (Lipinski definition) is 0. The van der Waals surface area contributed by atoms with E-state index in [4.69, 9.17) is 9.26 Å². The minimum Gasteiger partial charge on any atom is -0.444 e. The maximum atomic E-state index is 12.8. The van der Waals surface area contributed by atoms with Crippen LogP contribution in [0.25, 0.3) is 11.4 Å². The van der Waals surface area contributed by atoms with Gasteiger partial charge in [0.25, 0.3) is 5.89 Å². The fraction of sp³-hybridized carbons (Fsp3) is 0.478. The van der Waals surface area contributed by atoms with Crippen molar-refractivity contribution in [3.63, 3.8) is 0 Å². The second kappa shape index (κ2) is 9.62. The number of carbonyl (C=O) groups is 3. The predicted octanol–water partition coefficient (Wildman–Crippen LogP) is 2.14. The Kier molecular flexibility index (Phi) is 6.62. The van der Waals surface area contributed by atoms with Gasteiger partial charge in [-0.3, -0.25) is 9.59 Å². The standard InChI is InChI=1S/C23H28N6O5/c1-23(2,3)33-22(32)28-13-11-27(12-14-28)19(31)15-29-18(30)10-9-17(25-29)21-24-20(26-34-21)16-7-5-4-6-8-16/h4-8H,9-15H2,1-3H3. The molecule has 0 saturated carbocycles. The Morgan fingerprint density at radius 3 is 2.38 bits per heavy atom. The molecule has 0 spiro atoms. The first-order chi connectivity index (χ1) is 16.2. The fourth-order valence-electron chi connectivity index (χ4n) is 3.62. The minimum atomic E-state index is -0.575. The van der Waals surface area contributed by atoms with Gasteiger partial charge in [-0.25, -0.2) is 9.80 Å². The van der Waals surface area contributed by atoms with E-state index in [1.807, 2.05) is 51.1 Å². The Hall–Kier alpha value is -3.76. The highest BCUT2D eigenvalue weighted by molar-refractivity contribution is 6.01. The van der Waals surface area contributed by atoms with Gasteiger partial charge in [-0.1, -0.05) is 35.5 Å². The molecule has 1 aromatic heterocycles. The maximum Gasteiger partial charge on any atom is 0.410 e. The largest absolute Gasteiger partial charge is 0.444 e. The summed E-state index contributed by atoms with van der Waals surface area (Å²) in [4.78, 5) is 45.0. The van der Waals surface area contributed by atoms with E-state index in [1.54, 1.807) is 9.80 Å². The molecule has 0 N–H and O–H groups in total. The van der Waals surface area contributed by atoms with Crippen molar-refractivity contribution in [3.05, 3.63) is 36.2 Å². The summed E-state index contributed by atoms with van der Waals surface area (Å²) in [6, 6.07) is 9.39. The van der Waals surface area contributed by atoms with Gasteiger partial charge in [0.1, 0.15) is 17.9 Å². The van der Waals surface area contributed by atoms with Crippen LogP contribution in [0.4, 0.5) is 4.79 Å². The molecule has 0 aliphatic carbocycles. The number of carbonyl (C=O) groups excluding carboxylic acids is 3. The monoisotopic (exact) mass is 468 g/mol. The second-order valence-corrected chi connectivity index (χ2v) is 9.14. The summed E-state index contributed by atoms with van der Waals surface area (Å²) >= 11 is 0. The molecule has 3 amide bonds. The number of aromatic nitrogens is 2. The topological polar surface area (TPSA) is 121 Å². The minimum absolute atomic E-state index is 0.186. The van der Waals surface area contributed by atoms with Crippen LogP contribution in [0.5, 0.6) is 0 Å². The predicted molar refractivity (Wildman–Crippen MR) is 122 cm³/mol. The van der Waals surface area contributed by atoms with Gasteiger partial charge >= 0.3 is 6.09 Å². The summed E-state index contributed by atoms with van der Waals surface area (Å²) in [6.45, 7) is 6.71. The molecule has 34 heavy (non-hydrogen) atoms. The van der Waals surface area contributed by atoms with E-state index in [0.29, 0.717) is 44.1 Å². The highest BCUT2D eigenvalue weighted by Crippen LogP contribution is 2.19. The van der Waals surface area contributed by atoms with Gasteiger partial charge in [0, 0.05) is 44.6 Å². The van der Waals surface area contributed by atoms with Crippen molar-refractivity contribution in [1.82, 2.24) is 24.9 Å². The smallest absolute Gasteiger partial charge is 0.410 e. The van der Waals surface area contributed by atoms with Crippen molar-refractivity contribution >= 4 is 23.6 Å². The van der Waals surface area contributed by atoms with Gasteiger partial charge in [-0.15, -0.1) is 0 Å². The number of ether oxygens (including phenoxy) is 1. The van der Waals surface area contributed by atoms with Crippen LogP contribution in [0.1, 0.15) is 39.5 Å². The van der Waals surface area contributed by atoms with Crippen molar-refractivity contribution in [1.29, 1.82) is 0 Å². The molecule has 1 saturated heterocycles. The molecule has 2 aromatic rings. The average Bonchev–Trinajstić information content (AvgIpc) is 3.30. The van der Waals surface area contributed by atoms with E-state index in [0.717, 1.165) is 10.6 Å². The maximum absolute atomic E-state index is 12.8. The Balaban J connectivity index is 1.36. The summed E-state index contributed by atoms with van der Waals surface area (Å²) in [5.41, 5.74) is 0.702. The normalized spacial score (nSPS) is 17.0. The molecule has 11 heteroatoms. The average molecular weight is 469 g/mol. The van der Waals surface area contributed by atoms with Gasteiger partial charge in [-0.05, 0) is 20.8 Å². The number of nitrogens with zero attached hydrogens (tertiary/aromatic N) is 6. The summed E-state index contributed by atoms with van der Waals surface area (Å²) in [5.74, 6) is 0.181. The first-order valence-corrected chi connectivity index (χ1v) is 11.2. The number of rotatable bonds is 4. The molecule has 1 aromatic carbocycles. The summed E-state index contributed by atoms with van der Waals surface area (Å²) in [7, 11) is 0. The van der Waals surface area contributed by atoms with E-state index in [9.17, 15) is 14.4 Å². The van der Waals surface area contributed by atoms with Crippen LogP contribution in [0.15, 0.2) is 40.0 Å². The van der Waals surface area contributed by atoms with Gasteiger partial charge < -0.3 is 19.1 Å².